The van der Waals surface area contributed by atoms with Crippen LogP contribution in [0.4, 0.5) is 5.69 Å². The summed E-state index contributed by atoms with van der Waals surface area (Å²) in [5, 5.41) is 0.941. The molecule has 2 N–H and O–H groups in total. The average Bonchev–Trinajstić information content (AvgIpc) is 2.79. The van der Waals surface area contributed by atoms with Crippen molar-refractivity contribution >= 4 is 43.2 Å². The van der Waals surface area contributed by atoms with Crippen LogP contribution in [0, 0.1) is 0 Å². The lowest BCUT2D eigenvalue weighted by atomic mass is 10.3. The molecule has 19 heavy (non-hydrogen) atoms. The minimum Gasteiger partial charge on any atom is -0.484 e. The van der Waals surface area contributed by atoms with Crippen LogP contribution in [0.1, 0.15) is 5.01 Å². The quantitative estimate of drug-likeness (QED) is 0.729. The lowest BCUT2D eigenvalue weighted by Gasteiger charge is -2.06. The van der Waals surface area contributed by atoms with E-state index < -0.39 is 0 Å². The second-order valence-corrected chi connectivity index (χ2v) is 6.08. The molecular formula is C14H11BrN2OS. The Kier molecular flexibility index (Phi) is 3.40. The highest BCUT2D eigenvalue weighted by molar-refractivity contribution is 9.10. The van der Waals surface area contributed by atoms with Crippen molar-refractivity contribution in [1.29, 1.82) is 0 Å². The summed E-state index contributed by atoms with van der Waals surface area (Å²) in [6.07, 6.45) is 0. The van der Waals surface area contributed by atoms with E-state index in [-0.39, 0.29) is 0 Å². The molecule has 0 aliphatic heterocycles. The number of anilines is 1. The smallest absolute Gasteiger partial charge is 0.142 e. The van der Waals surface area contributed by atoms with Gasteiger partial charge in [-0.15, -0.1) is 11.3 Å². The van der Waals surface area contributed by atoms with Gasteiger partial charge >= 0.3 is 0 Å². The molecule has 0 atom stereocenters. The summed E-state index contributed by atoms with van der Waals surface area (Å²) in [6.45, 7) is 0.436. The summed E-state index contributed by atoms with van der Waals surface area (Å²) >= 11 is 5.09. The lowest BCUT2D eigenvalue weighted by molar-refractivity contribution is 0.307. The Hall–Kier alpha value is -1.59. The molecule has 0 saturated carbocycles. The number of nitrogens with two attached hydrogens (primary N) is 1. The van der Waals surface area contributed by atoms with E-state index in [0.29, 0.717) is 18.0 Å². The van der Waals surface area contributed by atoms with Crippen molar-refractivity contribution in [1.82, 2.24) is 4.98 Å². The number of fused-ring (bicyclic) bond motifs is 1. The third-order valence-electron chi connectivity index (χ3n) is 2.66. The van der Waals surface area contributed by atoms with Crippen LogP contribution in [0.5, 0.6) is 5.75 Å². The SMILES string of the molecule is Nc1ccccc1OCc1nc2ccc(Br)cc2s1. The largest absolute Gasteiger partial charge is 0.484 e. The number of nitrogen functional groups attached to an aromatic ring is 1. The van der Waals surface area contributed by atoms with Gasteiger partial charge in [0, 0.05) is 4.47 Å². The van der Waals surface area contributed by atoms with Gasteiger partial charge in [0.05, 0.1) is 15.9 Å². The average molecular weight is 335 g/mol. The van der Waals surface area contributed by atoms with Gasteiger partial charge in [-0.2, -0.15) is 0 Å². The Morgan fingerprint density at radius 3 is 2.89 bits per heavy atom. The molecule has 5 heteroatoms. The molecule has 0 radical (unpaired) electrons. The fraction of sp³-hybridized carbons (Fsp3) is 0.0714. The molecule has 3 rings (SSSR count). The summed E-state index contributed by atoms with van der Waals surface area (Å²) in [5.41, 5.74) is 7.47. The van der Waals surface area contributed by atoms with Gasteiger partial charge in [0.15, 0.2) is 0 Å². The van der Waals surface area contributed by atoms with Crippen molar-refractivity contribution in [2.75, 3.05) is 5.73 Å². The zero-order chi connectivity index (χ0) is 13.2. The molecule has 0 aliphatic rings. The van der Waals surface area contributed by atoms with E-state index in [9.17, 15) is 0 Å². The Balaban J connectivity index is 1.80. The Morgan fingerprint density at radius 2 is 2.05 bits per heavy atom. The zero-order valence-electron chi connectivity index (χ0n) is 9.97. The fourth-order valence-electron chi connectivity index (χ4n) is 1.76. The predicted molar refractivity (Wildman–Crippen MR) is 82.5 cm³/mol. The van der Waals surface area contributed by atoms with Crippen LogP contribution in [-0.2, 0) is 6.61 Å². The van der Waals surface area contributed by atoms with Gasteiger partial charge in [0.1, 0.15) is 17.4 Å². The number of rotatable bonds is 3. The monoisotopic (exact) mass is 334 g/mol. The summed E-state index contributed by atoms with van der Waals surface area (Å²) < 4.78 is 7.90. The molecular weight excluding hydrogens is 324 g/mol. The highest BCUT2D eigenvalue weighted by atomic mass is 79.9. The van der Waals surface area contributed by atoms with Crippen LogP contribution < -0.4 is 10.5 Å². The van der Waals surface area contributed by atoms with Crippen LogP contribution in [-0.4, -0.2) is 4.98 Å². The molecule has 3 aromatic rings. The highest BCUT2D eigenvalue weighted by Gasteiger charge is 2.06. The fourth-order valence-corrected chi connectivity index (χ4v) is 3.19. The molecule has 0 fully saturated rings. The first-order valence-electron chi connectivity index (χ1n) is 5.74. The number of hydrogen-bond acceptors (Lipinski definition) is 4. The van der Waals surface area contributed by atoms with Gasteiger partial charge < -0.3 is 10.5 Å². The molecule has 0 unspecified atom stereocenters. The van der Waals surface area contributed by atoms with Crippen molar-refractivity contribution in [3.63, 3.8) is 0 Å². The summed E-state index contributed by atoms with van der Waals surface area (Å²) in [7, 11) is 0. The Labute approximate surface area is 123 Å². The van der Waals surface area contributed by atoms with Crippen molar-refractivity contribution < 1.29 is 4.74 Å². The van der Waals surface area contributed by atoms with Crippen LogP contribution in [0.25, 0.3) is 10.2 Å². The normalized spacial score (nSPS) is 10.8. The number of hydrogen-bond donors (Lipinski definition) is 1. The van der Waals surface area contributed by atoms with Gasteiger partial charge in [-0.3, -0.25) is 0 Å². The third kappa shape index (κ3) is 2.72. The molecule has 1 heterocycles. The van der Waals surface area contributed by atoms with Crippen LogP contribution in [0.3, 0.4) is 0 Å². The Bertz CT molecular complexity index is 726. The number of ether oxygens (including phenoxy) is 1. The molecule has 1 aromatic heterocycles. The first-order valence-corrected chi connectivity index (χ1v) is 7.35. The minimum atomic E-state index is 0.436. The zero-order valence-corrected chi connectivity index (χ0v) is 12.4. The maximum absolute atomic E-state index is 5.83. The topological polar surface area (TPSA) is 48.1 Å². The van der Waals surface area contributed by atoms with Crippen molar-refractivity contribution in [2.45, 2.75) is 6.61 Å². The number of aromatic nitrogens is 1. The van der Waals surface area contributed by atoms with Gasteiger partial charge in [-0.05, 0) is 30.3 Å². The minimum absolute atomic E-state index is 0.436. The maximum Gasteiger partial charge on any atom is 0.142 e. The first kappa shape index (κ1) is 12.4. The van der Waals surface area contributed by atoms with E-state index in [1.807, 2.05) is 36.4 Å². The van der Waals surface area contributed by atoms with Gasteiger partial charge in [0.25, 0.3) is 0 Å². The number of benzene rings is 2. The number of para-hydroxylation sites is 2. The predicted octanol–water partition coefficient (Wildman–Crippen LogP) is 4.22. The second kappa shape index (κ2) is 5.19. The van der Waals surface area contributed by atoms with E-state index in [4.69, 9.17) is 10.5 Å². The van der Waals surface area contributed by atoms with Gasteiger partial charge in [-0.1, -0.05) is 28.1 Å². The molecule has 96 valence electrons. The summed E-state index contributed by atoms with van der Waals surface area (Å²) in [5.74, 6) is 0.697. The van der Waals surface area contributed by atoms with E-state index in [2.05, 4.69) is 27.0 Å². The van der Waals surface area contributed by atoms with Crippen LogP contribution in [0.2, 0.25) is 0 Å². The highest BCUT2D eigenvalue weighted by Crippen LogP contribution is 2.27. The molecule has 2 aromatic carbocycles. The second-order valence-electron chi connectivity index (χ2n) is 4.05. The summed E-state index contributed by atoms with van der Waals surface area (Å²) in [6, 6.07) is 13.5. The van der Waals surface area contributed by atoms with Crippen LogP contribution >= 0.6 is 27.3 Å². The Morgan fingerprint density at radius 1 is 1.21 bits per heavy atom. The molecule has 0 bridgehead atoms. The third-order valence-corrected chi connectivity index (χ3v) is 4.15. The molecule has 0 aliphatic carbocycles. The van der Waals surface area contributed by atoms with Gasteiger partial charge in [0.2, 0.25) is 0 Å². The molecule has 0 spiro atoms. The number of thiazole rings is 1. The van der Waals surface area contributed by atoms with Crippen molar-refractivity contribution in [3.05, 3.63) is 51.9 Å². The number of halogens is 1. The lowest BCUT2D eigenvalue weighted by Crippen LogP contribution is -1.97. The standard InChI is InChI=1S/C14H11BrN2OS/c15-9-5-6-11-13(7-9)19-14(17-11)8-18-12-4-2-1-3-10(12)16/h1-7H,8,16H2. The maximum atomic E-state index is 5.83. The van der Waals surface area contributed by atoms with Crippen molar-refractivity contribution in [2.24, 2.45) is 0 Å². The first-order chi connectivity index (χ1) is 9.22. The number of nitrogens with zero attached hydrogens (tertiary/aromatic N) is 1. The van der Waals surface area contributed by atoms with E-state index in [1.165, 1.54) is 0 Å². The summed E-state index contributed by atoms with van der Waals surface area (Å²) in [4.78, 5) is 4.53. The van der Waals surface area contributed by atoms with E-state index in [1.54, 1.807) is 11.3 Å². The van der Waals surface area contributed by atoms with Crippen molar-refractivity contribution in [3.8, 4) is 5.75 Å². The molecule has 3 nitrogen and oxygen atoms in total. The molecule has 0 amide bonds. The molecule has 0 saturated heterocycles. The van der Waals surface area contributed by atoms with Crippen LogP contribution in [0.15, 0.2) is 46.9 Å². The van der Waals surface area contributed by atoms with E-state index in [0.717, 1.165) is 19.7 Å². The van der Waals surface area contributed by atoms with Gasteiger partial charge in [-0.25, -0.2) is 4.98 Å². The van der Waals surface area contributed by atoms with E-state index >= 15 is 0 Å².